The van der Waals surface area contributed by atoms with Crippen LogP contribution in [0.3, 0.4) is 0 Å². The highest BCUT2D eigenvalue weighted by molar-refractivity contribution is 5.71. The van der Waals surface area contributed by atoms with Gasteiger partial charge in [0.2, 0.25) is 0 Å². The first-order valence-electron chi connectivity index (χ1n) is 6.50. The molecule has 1 fully saturated rings. The first kappa shape index (κ1) is 13.8. The van der Waals surface area contributed by atoms with Gasteiger partial charge < -0.3 is 14.8 Å². The number of carbonyl (C=O) groups excluding carboxylic acids is 1. The van der Waals surface area contributed by atoms with Gasteiger partial charge in [0.1, 0.15) is 12.4 Å². The number of ether oxygens (including phenoxy) is 2. The Bertz CT molecular complexity index is 417. The van der Waals surface area contributed by atoms with Crippen LogP contribution in [0.5, 0.6) is 5.75 Å². The lowest BCUT2D eigenvalue weighted by Gasteiger charge is -2.26. The zero-order chi connectivity index (χ0) is 13.5. The van der Waals surface area contributed by atoms with Crippen LogP contribution in [0.2, 0.25) is 0 Å². The number of hydrogen-bond acceptors (Lipinski definition) is 5. The van der Waals surface area contributed by atoms with Crippen molar-refractivity contribution in [2.24, 2.45) is 0 Å². The predicted octanol–water partition coefficient (Wildman–Crippen LogP) is 0.644. The summed E-state index contributed by atoms with van der Waals surface area (Å²) >= 11 is 0. The number of piperazine rings is 1. The monoisotopic (exact) mass is 264 g/mol. The molecule has 0 radical (unpaired) electrons. The van der Waals surface area contributed by atoms with Crippen LogP contribution in [0.4, 0.5) is 0 Å². The molecule has 0 unspecified atom stereocenters. The topological polar surface area (TPSA) is 50.8 Å². The van der Waals surface area contributed by atoms with Crippen LogP contribution in [0.15, 0.2) is 24.3 Å². The van der Waals surface area contributed by atoms with Gasteiger partial charge in [0.15, 0.2) is 0 Å². The minimum atomic E-state index is -0.187. The summed E-state index contributed by atoms with van der Waals surface area (Å²) in [6.45, 7) is 4.26. The van der Waals surface area contributed by atoms with Gasteiger partial charge in [-0.1, -0.05) is 18.2 Å². The fourth-order valence-electron chi connectivity index (χ4n) is 2.08. The van der Waals surface area contributed by atoms with Crippen LogP contribution in [-0.2, 0) is 16.1 Å². The second kappa shape index (κ2) is 7.11. The summed E-state index contributed by atoms with van der Waals surface area (Å²) in [6.07, 6.45) is 0. The summed E-state index contributed by atoms with van der Waals surface area (Å²) in [5, 5.41) is 3.25. The number of methoxy groups -OCH3 is 1. The maximum absolute atomic E-state index is 11.8. The molecule has 1 aromatic rings. The molecule has 0 aliphatic carbocycles. The number of para-hydroxylation sites is 1. The number of rotatable bonds is 5. The van der Waals surface area contributed by atoms with Crippen LogP contribution < -0.4 is 10.1 Å². The number of nitrogens with zero attached hydrogens (tertiary/aromatic N) is 1. The summed E-state index contributed by atoms with van der Waals surface area (Å²) < 4.78 is 10.5. The van der Waals surface area contributed by atoms with E-state index >= 15 is 0 Å². The minimum absolute atomic E-state index is 0.187. The van der Waals surface area contributed by atoms with E-state index in [9.17, 15) is 4.79 Å². The SMILES string of the molecule is COc1ccccc1COC(=O)CN1CCNCC1. The highest BCUT2D eigenvalue weighted by Crippen LogP contribution is 2.18. The number of benzene rings is 1. The zero-order valence-electron chi connectivity index (χ0n) is 11.2. The molecule has 0 bridgehead atoms. The molecule has 0 aromatic heterocycles. The van der Waals surface area contributed by atoms with Crippen LogP contribution in [0.25, 0.3) is 0 Å². The lowest BCUT2D eigenvalue weighted by Crippen LogP contribution is -2.45. The zero-order valence-corrected chi connectivity index (χ0v) is 11.2. The lowest BCUT2D eigenvalue weighted by atomic mass is 10.2. The van der Waals surface area contributed by atoms with Gasteiger partial charge in [0, 0.05) is 31.7 Å². The number of esters is 1. The lowest BCUT2D eigenvalue weighted by molar-refractivity contribution is -0.146. The molecular formula is C14H20N2O3. The summed E-state index contributed by atoms with van der Waals surface area (Å²) in [7, 11) is 1.61. The van der Waals surface area contributed by atoms with E-state index in [-0.39, 0.29) is 12.6 Å². The van der Waals surface area contributed by atoms with E-state index in [1.165, 1.54) is 0 Å². The Morgan fingerprint density at radius 1 is 1.32 bits per heavy atom. The fourth-order valence-corrected chi connectivity index (χ4v) is 2.08. The average molecular weight is 264 g/mol. The van der Waals surface area contributed by atoms with Gasteiger partial charge >= 0.3 is 5.97 Å². The summed E-state index contributed by atoms with van der Waals surface area (Å²) in [4.78, 5) is 13.9. The second-order valence-corrected chi connectivity index (χ2v) is 4.50. The molecule has 5 heteroatoms. The van der Waals surface area contributed by atoms with E-state index in [0.29, 0.717) is 6.54 Å². The molecule has 104 valence electrons. The first-order valence-corrected chi connectivity index (χ1v) is 6.50. The third kappa shape index (κ3) is 4.22. The van der Waals surface area contributed by atoms with Crippen molar-refractivity contribution in [1.29, 1.82) is 0 Å². The fraction of sp³-hybridized carbons (Fsp3) is 0.500. The highest BCUT2D eigenvalue weighted by Gasteiger charge is 2.14. The van der Waals surface area contributed by atoms with Gasteiger partial charge in [-0.15, -0.1) is 0 Å². The van der Waals surface area contributed by atoms with Crippen molar-refractivity contribution in [2.75, 3.05) is 39.8 Å². The van der Waals surface area contributed by atoms with Gasteiger partial charge in [-0.25, -0.2) is 0 Å². The van der Waals surface area contributed by atoms with Crippen molar-refractivity contribution >= 4 is 5.97 Å². The summed E-state index contributed by atoms with van der Waals surface area (Å²) in [6, 6.07) is 7.56. The van der Waals surface area contributed by atoms with Crippen molar-refractivity contribution in [1.82, 2.24) is 10.2 Å². The Hall–Kier alpha value is -1.59. The van der Waals surface area contributed by atoms with E-state index in [4.69, 9.17) is 9.47 Å². The molecule has 1 N–H and O–H groups in total. The molecule has 1 aromatic carbocycles. The summed E-state index contributed by atoms with van der Waals surface area (Å²) in [5.74, 6) is 0.560. The Labute approximate surface area is 113 Å². The van der Waals surface area contributed by atoms with Crippen LogP contribution in [0, 0.1) is 0 Å². The second-order valence-electron chi connectivity index (χ2n) is 4.50. The average Bonchev–Trinajstić information content (AvgIpc) is 2.46. The summed E-state index contributed by atoms with van der Waals surface area (Å²) in [5.41, 5.74) is 0.888. The van der Waals surface area contributed by atoms with Crippen molar-refractivity contribution in [3.63, 3.8) is 0 Å². The van der Waals surface area contributed by atoms with Crippen molar-refractivity contribution in [3.05, 3.63) is 29.8 Å². The van der Waals surface area contributed by atoms with Gasteiger partial charge in [-0.3, -0.25) is 9.69 Å². The predicted molar refractivity (Wildman–Crippen MR) is 72.1 cm³/mol. The minimum Gasteiger partial charge on any atom is -0.496 e. The molecule has 0 spiro atoms. The first-order chi connectivity index (χ1) is 9.29. The molecule has 0 atom stereocenters. The van der Waals surface area contributed by atoms with Gasteiger partial charge in [-0.2, -0.15) is 0 Å². The van der Waals surface area contributed by atoms with Crippen molar-refractivity contribution in [2.45, 2.75) is 6.61 Å². The molecule has 1 saturated heterocycles. The van der Waals surface area contributed by atoms with Crippen LogP contribution in [0.1, 0.15) is 5.56 Å². The van der Waals surface area contributed by atoms with E-state index in [1.54, 1.807) is 7.11 Å². The Morgan fingerprint density at radius 2 is 2.05 bits per heavy atom. The normalized spacial score (nSPS) is 16.1. The Kier molecular flexibility index (Phi) is 5.18. The van der Waals surface area contributed by atoms with Crippen LogP contribution >= 0.6 is 0 Å². The smallest absolute Gasteiger partial charge is 0.320 e. The molecule has 1 aliphatic rings. The van der Waals surface area contributed by atoms with Crippen molar-refractivity contribution < 1.29 is 14.3 Å². The third-order valence-electron chi connectivity index (χ3n) is 3.14. The van der Waals surface area contributed by atoms with Crippen LogP contribution in [-0.4, -0.2) is 50.7 Å². The number of hydrogen-bond donors (Lipinski definition) is 1. The van der Waals surface area contributed by atoms with Crippen molar-refractivity contribution in [3.8, 4) is 5.75 Å². The number of carbonyl (C=O) groups is 1. The highest BCUT2D eigenvalue weighted by atomic mass is 16.5. The molecule has 5 nitrogen and oxygen atoms in total. The standard InChI is InChI=1S/C14H20N2O3/c1-18-13-5-3-2-4-12(13)11-19-14(17)10-16-8-6-15-7-9-16/h2-5,15H,6-11H2,1H3. The molecule has 1 aliphatic heterocycles. The van der Waals surface area contributed by atoms with E-state index in [0.717, 1.165) is 37.5 Å². The molecule has 2 rings (SSSR count). The van der Waals surface area contributed by atoms with E-state index in [1.807, 2.05) is 24.3 Å². The van der Waals surface area contributed by atoms with E-state index in [2.05, 4.69) is 10.2 Å². The molecular weight excluding hydrogens is 244 g/mol. The molecule has 1 heterocycles. The Morgan fingerprint density at radius 3 is 2.79 bits per heavy atom. The maximum Gasteiger partial charge on any atom is 0.320 e. The molecule has 0 saturated carbocycles. The maximum atomic E-state index is 11.8. The quantitative estimate of drug-likeness (QED) is 0.791. The number of nitrogens with one attached hydrogen (secondary N) is 1. The van der Waals surface area contributed by atoms with Gasteiger partial charge in [0.25, 0.3) is 0 Å². The molecule has 0 amide bonds. The third-order valence-corrected chi connectivity index (χ3v) is 3.14. The largest absolute Gasteiger partial charge is 0.496 e. The van der Waals surface area contributed by atoms with Gasteiger partial charge in [0.05, 0.1) is 13.7 Å². The van der Waals surface area contributed by atoms with E-state index < -0.39 is 0 Å². The van der Waals surface area contributed by atoms with Gasteiger partial charge in [-0.05, 0) is 6.07 Å². The Balaban J connectivity index is 1.79. The molecule has 19 heavy (non-hydrogen) atoms.